The van der Waals surface area contributed by atoms with Gasteiger partial charge in [0.2, 0.25) is 5.78 Å². The third kappa shape index (κ3) is 3.64. The lowest BCUT2D eigenvalue weighted by atomic mass is 9.96. The van der Waals surface area contributed by atoms with Crippen LogP contribution in [-0.4, -0.2) is 46.9 Å². The number of pyridine rings is 1. The number of amides is 1. The molecule has 1 aromatic carbocycles. The number of methoxy groups -OCH3 is 1. The van der Waals surface area contributed by atoms with E-state index in [9.17, 15) is 14.7 Å². The number of fused-ring (bicyclic) bond motifs is 1. The first kappa shape index (κ1) is 20.3. The summed E-state index contributed by atoms with van der Waals surface area (Å²) in [6, 6.07) is 9.75. The fourth-order valence-electron chi connectivity index (χ4n) is 3.64. The van der Waals surface area contributed by atoms with Crippen molar-refractivity contribution in [2.24, 2.45) is 0 Å². The van der Waals surface area contributed by atoms with E-state index in [1.807, 2.05) is 12.1 Å². The number of carbonyl (C=O) groups is 2. The van der Waals surface area contributed by atoms with Crippen molar-refractivity contribution in [3.05, 3.63) is 75.9 Å². The average Bonchev–Trinajstić information content (AvgIpc) is 3.28. The second-order valence-electron chi connectivity index (χ2n) is 6.92. The Balaban J connectivity index is 1.76. The maximum absolute atomic E-state index is 13.4. The molecule has 0 bridgehead atoms. The highest BCUT2D eigenvalue weighted by molar-refractivity contribution is 9.10. The number of furan rings is 1. The molecule has 1 N–H and O–H groups in total. The molecule has 1 unspecified atom stereocenters. The minimum atomic E-state index is -0.754. The largest absolute Gasteiger partial charge is 0.503 e. The van der Waals surface area contributed by atoms with E-state index in [0.717, 1.165) is 9.86 Å². The number of hydrogen-bond donors (Lipinski definition) is 1. The van der Waals surface area contributed by atoms with Gasteiger partial charge in [0, 0.05) is 42.5 Å². The Morgan fingerprint density at radius 3 is 2.90 bits per heavy atom. The number of aliphatic hydroxyl groups excluding tert-OH is 1. The highest BCUT2D eigenvalue weighted by Crippen LogP contribution is 2.39. The zero-order chi connectivity index (χ0) is 21.3. The van der Waals surface area contributed by atoms with Crippen molar-refractivity contribution in [1.29, 1.82) is 0 Å². The molecule has 3 aromatic rings. The molecule has 2 aromatic heterocycles. The number of aliphatic hydroxyl groups is 1. The van der Waals surface area contributed by atoms with E-state index >= 15 is 0 Å². The number of nitrogens with zero attached hydrogens (tertiary/aromatic N) is 2. The highest BCUT2D eigenvalue weighted by atomic mass is 79.9. The molecule has 0 spiro atoms. The number of halogens is 1. The van der Waals surface area contributed by atoms with Crippen molar-refractivity contribution in [2.75, 3.05) is 20.3 Å². The monoisotopic (exact) mass is 470 g/mol. The van der Waals surface area contributed by atoms with Gasteiger partial charge in [-0.3, -0.25) is 14.6 Å². The quantitative estimate of drug-likeness (QED) is 0.410. The van der Waals surface area contributed by atoms with E-state index < -0.39 is 23.5 Å². The van der Waals surface area contributed by atoms with E-state index in [1.165, 1.54) is 4.90 Å². The standard InChI is InChI=1S/C22H19BrN2O5/c1-29-9-3-8-25-19(13-4-2-7-24-12-13)18(21(27)22(25)28)20(26)17-11-14-10-15(23)5-6-16(14)30-17/h2,4-7,10-12,19,27H,3,8-9H2,1H3. The summed E-state index contributed by atoms with van der Waals surface area (Å²) in [7, 11) is 1.58. The maximum Gasteiger partial charge on any atom is 0.290 e. The molecule has 0 saturated heterocycles. The number of hydrogen-bond acceptors (Lipinski definition) is 6. The Morgan fingerprint density at radius 2 is 2.17 bits per heavy atom. The number of carbonyl (C=O) groups excluding carboxylic acids is 2. The van der Waals surface area contributed by atoms with Crippen LogP contribution in [0.1, 0.15) is 28.6 Å². The Morgan fingerprint density at radius 1 is 1.33 bits per heavy atom. The molecule has 1 aliphatic heterocycles. The van der Waals surface area contributed by atoms with Crippen LogP contribution in [0.4, 0.5) is 0 Å². The van der Waals surface area contributed by atoms with E-state index in [0.29, 0.717) is 30.7 Å². The van der Waals surface area contributed by atoms with Crippen molar-refractivity contribution in [3.8, 4) is 0 Å². The van der Waals surface area contributed by atoms with E-state index in [-0.39, 0.29) is 11.3 Å². The number of ether oxygens (including phenoxy) is 1. The Labute approximate surface area is 181 Å². The first-order chi connectivity index (χ1) is 14.5. The predicted molar refractivity (Wildman–Crippen MR) is 113 cm³/mol. The maximum atomic E-state index is 13.4. The molecule has 30 heavy (non-hydrogen) atoms. The Bertz CT molecular complexity index is 1140. The van der Waals surface area contributed by atoms with Crippen LogP contribution in [0.25, 0.3) is 11.0 Å². The molecular weight excluding hydrogens is 452 g/mol. The fraction of sp³-hybridized carbons (Fsp3) is 0.227. The third-order valence-electron chi connectivity index (χ3n) is 5.00. The lowest BCUT2D eigenvalue weighted by Gasteiger charge is -2.26. The zero-order valence-electron chi connectivity index (χ0n) is 16.2. The van der Waals surface area contributed by atoms with Gasteiger partial charge in [-0.05, 0) is 42.3 Å². The van der Waals surface area contributed by atoms with Gasteiger partial charge >= 0.3 is 0 Å². The van der Waals surface area contributed by atoms with E-state index in [1.54, 1.807) is 43.8 Å². The summed E-state index contributed by atoms with van der Waals surface area (Å²) in [6.07, 6.45) is 3.76. The average molecular weight is 471 g/mol. The molecule has 1 aliphatic rings. The van der Waals surface area contributed by atoms with Crippen molar-refractivity contribution in [3.63, 3.8) is 0 Å². The lowest BCUT2D eigenvalue weighted by Crippen LogP contribution is -2.32. The van der Waals surface area contributed by atoms with Gasteiger partial charge in [-0.2, -0.15) is 0 Å². The van der Waals surface area contributed by atoms with Gasteiger partial charge in [-0.25, -0.2) is 0 Å². The smallest absolute Gasteiger partial charge is 0.290 e. The van der Waals surface area contributed by atoms with E-state index in [2.05, 4.69) is 20.9 Å². The topological polar surface area (TPSA) is 92.9 Å². The first-order valence-corrected chi connectivity index (χ1v) is 10.2. The van der Waals surface area contributed by atoms with Crippen LogP contribution in [0.15, 0.2) is 69.0 Å². The molecule has 7 nitrogen and oxygen atoms in total. The number of ketones is 1. The molecule has 8 heteroatoms. The molecule has 1 amide bonds. The molecule has 0 aliphatic carbocycles. The van der Waals surface area contributed by atoms with Crippen LogP contribution >= 0.6 is 15.9 Å². The van der Waals surface area contributed by atoms with Crippen LogP contribution in [0.3, 0.4) is 0 Å². The fourth-order valence-corrected chi connectivity index (χ4v) is 4.02. The van der Waals surface area contributed by atoms with Gasteiger partial charge in [0.1, 0.15) is 5.58 Å². The third-order valence-corrected chi connectivity index (χ3v) is 5.49. The van der Waals surface area contributed by atoms with Gasteiger partial charge in [0.05, 0.1) is 11.6 Å². The minimum Gasteiger partial charge on any atom is -0.503 e. The summed E-state index contributed by atoms with van der Waals surface area (Å²) < 4.78 is 11.6. The van der Waals surface area contributed by atoms with E-state index in [4.69, 9.17) is 9.15 Å². The van der Waals surface area contributed by atoms with Crippen LogP contribution < -0.4 is 0 Å². The van der Waals surface area contributed by atoms with Gasteiger partial charge < -0.3 is 19.2 Å². The van der Waals surface area contributed by atoms with Crippen LogP contribution in [0, 0.1) is 0 Å². The summed E-state index contributed by atoms with van der Waals surface area (Å²) in [6.45, 7) is 0.770. The number of aromatic nitrogens is 1. The normalized spacial score (nSPS) is 16.7. The second kappa shape index (κ2) is 8.41. The van der Waals surface area contributed by atoms with Gasteiger partial charge in [-0.1, -0.05) is 22.0 Å². The Kier molecular flexibility index (Phi) is 5.69. The first-order valence-electron chi connectivity index (χ1n) is 9.38. The SMILES string of the molecule is COCCCN1C(=O)C(O)=C(C(=O)c2cc3cc(Br)ccc3o2)C1c1cccnc1. The minimum absolute atomic E-state index is 0.0106. The summed E-state index contributed by atoms with van der Waals surface area (Å²) in [5.41, 5.74) is 1.17. The van der Waals surface area contributed by atoms with Gasteiger partial charge in [0.15, 0.2) is 11.5 Å². The molecule has 4 rings (SSSR count). The molecule has 154 valence electrons. The molecule has 3 heterocycles. The molecule has 0 fully saturated rings. The van der Waals surface area contributed by atoms with Crippen LogP contribution in [0.2, 0.25) is 0 Å². The second-order valence-corrected chi connectivity index (χ2v) is 7.83. The zero-order valence-corrected chi connectivity index (χ0v) is 17.8. The van der Waals surface area contributed by atoms with Crippen molar-refractivity contribution in [1.82, 2.24) is 9.88 Å². The molecule has 0 saturated carbocycles. The molecule has 0 radical (unpaired) electrons. The van der Waals surface area contributed by atoms with Gasteiger partial charge in [-0.15, -0.1) is 0 Å². The lowest BCUT2D eigenvalue weighted by molar-refractivity contribution is -0.129. The van der Waals surface area contributed by atoms with Crippen molar-refractivity contribution in [2.45, 2.75) is 12.5 Å². The highest BCUT2D eigenvalue weighted by Gasteiger charge is 2.44. The van der Waals surface area contributed by atoms with Crippen LogP contribution in [-0.2, 0) is 9.53 Å². The Hall–Kier alpha value is -2.97. The number of benzene rings is 1. The summed E-state index contributed by atoms with van der Waals surface area (Å²) in [5, 5.41) is 11.4. The summed E-state index contributed by atoms with van der Waals surface area (Å²) in [5.74, 6) is -1.63. The molecular formula is C22H19BrN2O5. The summed E-state index contributed by atoms with van der Waals surface area (Å²) in [4.78, 5) is 31.8. The van der Waals surface area contributed by atoms with Crippen molar-refractivity contribution >= 4 is 38.6 Å². The van der Waals surface area contributed by atoms with Crippen LogP contribution in [0.5, 0.6) is 0 Å². The molecule has 1 atom stereocenters. The number of Topliss-reactive ketones (excluding diaryl/α,β-unsaturated/α-hetero) is 1. The number of rotatable bonds is 7. The predicted octanol–water partition coefficient (Wildman–Crippen LogP) is 4.21. The summed E-state index contributed by atoms with van der Waals surface area (Å²) >= 11 is 3.40. The van der Waals surface area contributed by atoms with Crippen molar-refractivity contribution < 1.29 is 23.8 Å². The van der Waals surface area contributed by atoms with Gasteiger partial charge in [0.25, 0.3) is 5.91 Å².